The third-order valence-electron chi connectivity index (χ3n) is 3.54. The number of aryl methyl sites for hydroxylation is 1. The Labute approximate surface area is 127 Å². The first-order chi connectivity index (χ1) is 9.99. The molecule has 0 saturated heterocycles. The Morgan fingerprint density at radius 3 is 2.48 bits per heavy atom. The molecule has 0 aliphatic carbocycles. The van der Waals surface area contributed by atoms with Crippen molar-refractivity contribution < 1.29 is 4.74 Å². The molecule has 0 aliphatic heterocycles. The lowest BCUT2D eigenvalue weighted by atomic mass is 10.00. The van der Waals surface area contributed by atoms with E-state index in [0.717, 1.165) is 11.3 Å². The highest BCUT2D eigenvalue weighted by atomic mass is 16.5. The normalized spacial score (nSPS) is 14.0. The average Bonchev–Trinajstić information content (AvgIpc) is 2.45. The lowest BCUT2D eigenvalue weighted by Crippen LogP contribution is -2.29. The Bertz CT molecular complexity index is 579. The summed E-state index contributed by atoms with van der Waals surface area (Å²) < 4.78 is 6.27. The average molecular weight is 284 g/mol. The highest BCUT2D eigenvalue weighted by Gasteiger charge is 2.20. The van der Waals surface area contributed by atoms with Crippen molar-refractivity contribution >= 4 is 0 Å². The van der Waals surface area contributed by atoms with Gasteiger partial charge in [-0.15, -0.1) is 0 Å². The van der Waals surface area contributed by atoms with Crippen molar-refractivity contribution in [3.8, 4) is 5.75 Å². The molecule has 3 heteroatoms. The van der Waals surface area contributed by atoms with Crippen molar-refractivity contribution in [2.75, 3.05) is 0 Å². The van der Waals surface area contributed by atoms with Gasteiger partial charge in [0.2, 0.25) is 0 Å². The zero-order valence-electron chi connectivity index (χ0n) is 13.2. The second-order valence-corrected chi connectivity index (χ2v) is 5.88. The standard InChI is InChI=1S/C18H24N2O/c1-12(2)16-8-7-13(3)10-17(16)21-18(14(4)19)15-6-5-9-20-11-15/h5-12,14,18H,19H2,1-4H3. The van der Waals surface area contributed by atoms with Crippen LogP contribution in [0.25, 0.3) is 0 Å². The van der Waals surface area contributed by atoms with Crippen LogP contribution in [0.3, 0.4) is 0 Å². The molecular formula is C18H24N2O. The second kappa shape index (κ2) is 6.72. The van der Waals surface area contributed by atoms with Crippen LogP contribution in [0, 0.1) is 6.92 Å². The third-order valence-corrected chi connectivity index (χ3v) is 3.54. The summed E-state index contributed by atoms with van der Waals surface area (Å²) in [7, 11) is 0. The van der Waals surface area contributed by atoms with E-state index in [0.29, 0.717) is 5.92 Å². The van der Waals surface area contributed by atoms with Crippen molar-refractivity contribution in [1.82, 2.24) is 4.98 Å². The SMILES string of the molecule is Cc1ccc(C(C)C)c(OC(c2cccnc2)C(C)N)c1. The summed E-state index contributed by atoms with van der Waals surface area (Å²) in [6, 6.07) is 10.1. The van der Waals surface area contributed by atoms with E-state index in [-0.39, 0.29) is 12.1 Å². The van der Waals surface area contributed by atoms with E-state index in [1.54, 1.807) is 6.20 Å². The van der Waals surface area contributed by atoms with Gasteiger partial charge in [0.25, 0.3) is 0 Å². The maximum atomic E-state index is 6.27. The highest BCUT2D eigenvalue weighted by Crippen LogP contribution is 2.32. The molecule has 0 saturated carbocycles. The third kappa shape index (κ3) is 3.82. The molecule has 0 aliphatic rings. The van der Waals surface area contributed by atoms with Crippen molar-refractivity contribution in [2.45, 2.75) is 45.8 Å². The molecule has 2 N–H and O–H groups in total. The predicted molar refractivity (Wildman–Crippen MR) is 86.5 cm³/mol. The van der Waals surface area contributed by atoms with E-state index in [4.69, 9.17) is 10.5 Å². The van der Waals surface area contributed by atoms with Gasteiger partial charge in [-0.05, 0) is 43.0 Å². The zero-order chi connectivity index (χ0) is 15.4. The molecule has 0 radical (unpaired) electrons. The molecule has 0 spiro atoms. The van der Waals surface area contributed by atoms with E-state index >= 15 is 0 Å². The van der Waals surface area contributed by atoms with E-state index < -0.39 is 0 Å². The first-order valence-corrected chi connectivity index (χ1v) is 7.41. The lowest BCUT2D eigenvalue weighted by molar-refractivity contribution is 0.177. The maximum absolute atomic E-state index is 6.27. The van der Waals surface area contributed by atoms with Crippen LogP contribution in [0.4, 0.5) is 0 Å². The minimum Gasteiger partial charge on any atom is -0.484 e. The van der Waals surface area contributed by atoms with Crippen molar-refractivity contribution in [2.24, 2.45) is 5.73 Å². The van der Waals surface area contributed by atoms with Gasteiger partial charge in [-0.3, -0.25) is 4.98 Å². The summed E-state index contributed by atoms with van der Waals surface area (Å²) in [5.41, 5.74) is 9.52. The fourth-order valence-corrected chi connectivity index (χ4v) is 2.38. The van der Waals surface area contributed by atoms with Gasteiger partial charge in [0.15, 0.2) is 0 Å². The van der Waals surface area contributed by atoms with Crippen LogP contribution < -0.4 is 10.5 Å². The van der Waals surface area contributed by atoms with E-state index in [9.17, 15) is 0 Å². The number of hydrogen-bond acceptors (Lipinski definition) is 3. The number of hydrogen-bond donors (Lipinski definition) is 1. The second-order valence-electron chi connectivity index (χ2n) is 5.88. The van der Waals surface area contributed by atoms with Crippen molar-refractivity contribution in [1.29, 1.82) is 0 Å². The van der Waals surface area contributed by atoms with Crippen LogP contribution in [0.2, 0.25) is 0 Å². The Morgan fingerprint density at radius 1 is 1.14 bits per heavy atom. The molecule has 112 valence electrons. The molecule has 1 heterocycles. The predicted octanol–water partition coefficient (Wildman–Crippen LogP) is 3.98. The highest BCUT2D eigenvalue weighted by molar-refractivity contribution is 5.39. The summed E-state index contributed by atoms with van der Waals surface area (Å²) in [5.74, 6) is 1.32. The van der Waals surface area contributed by atoms with Crippen molar-refractivity contribution in [3.05, 3.63) is 59.4 Å². The Balaban J connectivity index is 2.36. The maximum Gasteiger partial charge on any atom is 0.140 e. The van der Waals surface area contributed by atoms with Crippen LogP contribution >= 0.6 is 0 Å². The van der Waals surface area contributed by atoms with Crippen LogP contribution in [0.1, 0.15) is 49.5 Å². The van der Waals surface area contributed by atoms with Gasteiger partial charge in [-0.25, -0.2) is 0 Å². The molecular weight excluding hydrogens is 260 g/mol. The molecule has 0 amide bonds. The summed E-state index contributed by atoms with van der Waals surface area (Å²) in [5, 5.41) is 0. The molecule has 2 aromatic rings. The molecule has 0 fully saturated rings. The summed E-state index contributed by atoms with van der Waals surface area (Å²) in [6.07, 6.45) is 3.38. The van der Waals surface area contributed by atoms with Crippen LogP contribution in [-0.4, -0.2) is 11.0 Å². The van der Waals surface area contributed by atoms with Gasteiger partial charge < -0.3 is 10.5 Å². The van der Waals surface area contributed by atoms with Crippen molar-refractivity contribution in [3.63, 3.8) is 0 Å². The molecule has 0 bridgehead atoms. The number of pyridine rings is 1. The van der Waals surface area contributed by atoms with Crippen LogP contribution in [-0.2, 0) is 0 Å². The molecule has 21 heavy (non-hydrogen) atoms. The first-order valence-electron chi connectivity index (χ1n) is 7.41. The monoisotopic (exact) mass is 284 g/mol. The smallest absolute Gasteiger partial charge is 0.140 e. The number of nitrogens with two attached hydrogens (primary N) is 1. The summed E-state index contributed by atoms with van der Waals surface area (Å²) in [6.45, 7) is 8.37. The number of aromatic nitrogens is 1. The number of rotatable bonds is 5. The topological polar surface area (TPSA) is 48.1 Å². The number of nitrogens with zero attached hydrogens (tertiary/aromatic N) is 1. The molecule has 3 nitrogen and oxygen atoms in total. The van der Waals surface area contributed by atoms with Crippen LogP contribution in [0.15, 0.2) is 42.7 Å². The van der Waals surface area contributed by atoms with Gasteiger partial charge in [0.1, 0.15) is 11.9 Å². The molecule has 2 unspecified atom stereocenters. The fraction of sp³-hybridized carbons (Fsp3) is 0.389. The Morgan fingerprint density at radius 2 is 1.90 bits per heavy atom. The number of benzene rings is 1. The molecule has 1 aromatic heterocycles. The lowest BCUT2D eigenvalue weighted by Gasteiger charge is -2.25. The largest absolute Gasteiger partial charge is 0.484 e. The quantitative estimate of drug-likeness (QED) is 0.903. The van der Waals surface area contributed by atoms with Gasteiger partial charge in [-0.1, -0.05) is 32.0 Å². The van der Waals surface area contributed by atoms with Gasteiger partial charge in [0.05, 0.1) is 0 Å². The van der Waals surface area contributed by atoms with E-state index in [2.05, 4.69) is 44.0 Å². The fourth-order valence-electron chi connectivity index (χ4n) is 2.38. The van der Waals surface area contributed by atoms with E-state index in [1.807, 2.05) is 25.3 Å². The minimum atomic E-state index is -0.196. The Kier molecular flexibility index (Phi) is 4.97. The Hall–Kier alpha value is -1.87. The number of ether oxygens (including phenoxy) is 1. The molecule has 1 aromatic carbocycles. The molecule has 2 rings (SSSR count). The van der Waals surface area contributed by atoms with Gasteiger partial charge >= 0.3 is 0 Å². The van der Waals surface area contributed by atoms with E-state index in [1.165, 1.54) is 11.1 Å². The van der Waals surface area contributed by atoms with Crippen LogP contribution in [0.5, 0.6) is 5.75 Å². The minimum absolute atomic E-state index is 0.116. The summed E-state index contributed by atoms with van der Waals surface area (Å²) >= 11 is 0. The first kappa shape index (κ1) is 15.5. The zero-order valence-corrected chi connectivity index (χ0v) is 13.2. The molecule has 2 atom stereocenters. The van der Waals surface area contributed by atoms with Gasteiger partial charge in [0, 0.05) is 24.0 Å². The van der Waals surface area contributed by atoms with Gasteiger partial charge in [-0.2, -0.15) is 0 Å². The summed E-state index contributed by atoms with van der Waals surface area (Å²) in [4.78, 5) is 4.17.